The lowest BCUT2D eigenvalue weighted by molar-refractivity contribution is 0.0662. The molecule has 0 saturated carbocycles. The smallest absolute Gasteiger partial charge is 0.267 e. The highest BCUT2D eigenvalue weighted by Crippen LogP contribution is 2.05. The first-order valence-electron chi connectivity index (χ1n) is 6.39. The van der Waals surface area contributed by atoms with E-state index in [-0.39, 0.29) is 5.91 Å². The maximum atomic E-state index is 12.2. The molecule has 3 rings (SSSR count). The van der Waals surface area contributed by atoms with Crippen LogP contribution in [0.5, 0.6) is 0 Å². The molecule has 2 aromatic heterocycles. The molecule has 3 heterocycles. The van der Waals surface area contributed by atoms with Gasteiger partial charge in [0, 0.05) is 44.8 Å². The molecule has 1 aliphatic heterocycles. The van der Waals surface area contributed by atoms with Crippen molar-refractivity contribution in [2.24, 2.45) is 0 Å². The zero-order valence-electron chi connectivity index (χ0n) is 10.9. The van der Waals surface area contributed by atoms with Gasteiger partial charge in [0.15, 0.2) is 0 Å². The Kier molecular flexibility index (Phi) is 3.18. The summed E-state index contributed by atoms with van der Waals surface area (Å²) in [7, 11) is 2.09. The molecule has 1 amide bonds. The number of carbonyl (C=O) groups is 1. The Balaban J connectivity index is 1.69. The normalized spacial score (nSPS) is 17.7. The van der Waals surface area contributed by atoms with E-state index >= 15 is 0 Å². The number of amides is 1. The summed E-state index contributed by atoms with van der Waals surface area (Å²) in [6, 6.07) is 3.65. The second-order valence-corrected chi connectivity index (χ2v) is 4.84. The van der Waals surface area contributed by atoms with Crippen LogP contribution in [-0.2, 0) is 0 Å². The number of pyridine rings is 1. The van der Waals surface area contributed by atoms with Crippen LogP contribution in [0.25, 0.3) is 5.65 Å². The van der Waals surface area contributed by atoms with Gasteiger partial charge < -0.3 is 9.30 Å². The second-order valence-electron chi connectivity index (χ2n) is 4.84. The van der Waals surface area contributed by atoms with E-state index in [0.29, 0.717) is 5.56 Å². The first-order valence-corrected chi connectivity index (χ1v) is 6.39. The first kappa shape index (κ1) is 12.1. The molecule has 1 saturated heterocycles. The Morgan fingerprint density at radius 3 is 2.84 bits per heavy atom. The van der Waals surface area contributed by atoms with E-state index in [4.69, 9.17) is 0 Å². The predicted molar refractivity (Wildman–Crippen MR) is 71.7 cm³/mol. The molecule has 6 nitrogen and oxygen atoms in total. The molecule has 6 heteroatoms. The van der Waals surface area contributed by atoms with E-state index in [0.717, 1.165) is 31.8 Å². The van der Waals surface area contributed by atoms with Crippen LogP contribution in [0.4, 0.5) is 0 Å². The first-order chi connectivity index (χ1) is 9.22. The molecular formula is C13H17N5O. The number of nitrogens with zero attached hydrogens (tertiary/aromatic N) is 4. The van der Waals surface area contributed by atoms with Gasteiger partial charge in [-0.15, -0.1) is 0 Å². The summed E-state index contributed by atoms with van der Waals surface area (Å²) in [6.45, 7) is 3.66. The second kappa shape index (κ2) is 4.99. The molecule has 1 aliphatic rings. The van der Waals surface area contributed by atoms with Gasteiger partial charge in [-0.2, -0.15) is 0 Å². The quantitative estimate of drug-likeness (QED) is 0.838. The minimum Gasteiger partial charge on any atom is -0.306 e. The van der Waals surface area contributed by atoms with Crippen LogP contribution < -0.4 is 5.43 Å². The molecular weight excluding hydrogens is 242 g/mol. The van der Waals surface area contributed by atoms with Crippen LogP contribution in [0, 0.1) is 0 Å². The van der Waals surface area contributed by atoms with E-state index in [1.165, 1.54) is 0 Å². The maximum Gasteiger partial charge on any atom is 0.267 e. The zero-order chi connectivity index (χ0) is 13.2. The van der Waals surface area contributed by atoms with Crippen LogP contribution in [0.2, 0.25) is 0 Å². The molecule has 0 radical (unpaired) electrons. The zero-order valence-corrected chi connectivity index (χ0v) is 10.9. The van der Waals surface area contributed by atoms with Gasteiger partial charge >= 0.3 is 0 Å². The lowest BCUT2D eigenvalue weighted by Crippen LogP contribution is -2.52. The number of hydrazine groups is 1. The van der Waals surface area contributed by atoms with Crippen molar-refractivity contribution in [1.82, 2.24) is 24.7 Å². The fourth-order valence-electron chi connectivity index (χ4n) is 2.18. The van der Waals surface area contributed by atoms with E-state index in [9.17, 15) is 4.79 Å². The van der Waals surface area contributed by atoms with E-state index < -0.39 is 0 Å². The lowest BCUT2D eigenvalue weighted by atomic mass is 10.2. The number of nitrogens with one attached hydrogen (secondary N) is 1. The fraction of sp³-hybridized carbons (Fsp3) is 0.385. The summed E-state index contributed by atoms with van der Waals surface area (Å²) in [5.41, 5.74) is 4.43. The fourth-order valence-corrected chi connectivity index (χ4v) is 2.18. The number of piperazine rings is 1. The maximum absolute atomic E-state index is 12.2. The van der Waals surface area contributed by atoms with Crippen molar-refractivity contribution in [2.75, 3.05) is 33.2 Å². The lowest BCUT2D eigenvalue weighted by Gasteiger charge is -2.32. The number of carbonyl (C=O) groups excluding carboxylic acids is 1. The summed E-state index contributed by atoms with van der Waals surface area (Å²) >= 11 is 0. The molecule has 0 aromatic carbocycles. The van der Waals surface area contributed by atoms with Gasteiger partial charge in [0.05, 0.1) is 5.56 Å². The monoisotopic (exact) mass is 259 g/mol. The van der Waals surface area contributed by atoms with Gasteiger partial charge in [-0.05, 0) is 19.2 Å². The third kappa shape index (κ3) is 2.59. The Morgan fingerprint density at radius 2 is 2.05 bits per heavy atom. The minimum absolute atomic E-state index is 0.0693. The Labute approximate surface area is 111 Å². The van der Waals surface area contributed by atoms with Gasteiger partial charge in [-0.1, -0.05) is 0 Å². The van der Waals surface area contributed by atoms with Gasteiger partial charge in [0.1, 0.15) is 5.65 Å². The summed E-state index contributed by atoms with van der Waals surface area (Å²) in [5, 5.41) is 1.97. The summed E-state index contributed by atoms with van der Waals surface area (Å²) < 4.78 is 1.85. The van der Waals surface area contributed by atoms with Crippen molar-refractivity contribution < 1.29 is 4.79 Å². The Bertz CT molecular complexity index is 585. The summed E-state index contributed by atoms with van der Waals surface area (Å²) in [6.07, 6.45) is 5.35. The minimum atomic E-state index is -0.0693. The van der Waals surface area contributed by atoms with E-state index in [1.807, 2.05) is 21.7 Å². The van der Waals surface area contributed by atoms with E-state index in [2.05, 4.69) is 22.4 Å². The summed E-state index contributed by atoms with van der Waals surface area (Å²) in [4.78, 5) is 18.6. The molecule has 2 aromatic rings. The van der Waals surface area contributed by atoms with Gasteiger partial charge in [0.25, 0.3) is 5.91 Å². The van der Waals surface area contributed by atoms with Crippen LogP contribution in [-0.4, -0.2) is 58.4 Å². The molecule has 0 spiro atoms. The Morgan fingerprint density at radius 1 is 1.26 bits per heavy atom. The highest BCUT2D eigenvalue weighted by atomic mass is 16.2. The van der Waals surface area contributed by atoms with Crippen LogP contribution in [0.3, 0.4) is 0 Å². The van der Waals surface area contributed by atoms with E-state index in [1.54, 1.807) is 18.5 Å². The van der Waals surface area contributed by atoms with Gasteiger partial charge in [-0.3, -0.25) is 10.2 Å². The molecule has 0 aliphatic carbocycles. The van der Waals surface area contributed by atoms with Crippen LogP contribution in [0.15, 0.2) is 30.7 Å². The molecule has 0 unspecified atom stereocenters. The number of rotatable bonds is 2. The van der Waals surface area contributed by atoms with Crippen molar-refractivity contribution in [3.63, 3.8) is 0 Å². The number of likely N-dealkylation sites (N-methyl/N-ethyl adjacent to an activating group) is 1. The van der Waals surface area contributed by atoms with Gasteiger partial charge in [0.2, 0.25) is 0 Å². The van der Waals surface area contributed by atoms with Crippen LogP contribution in [0.1, 0.15) is 10.4 Å². The highest BCUT2D eigenvalue weighted by Gasteiger charge is 2.16. The predicted octanol–water partition coefficient (Wildman–Crippen LogP) is 0.226. The molecule has 1 fully saturated rings. The number of hydrogen-bond acceptors (Lipinski definition) is 4. The molecule has 19 heavy (non-hydrogen) atoms. The number of imidazole rings is 1. The highest BCUT2D eigenvalue weighted by molar-refractivity contribution is 5.93. The van der Waals surface area contributed by atoms with Crippen molar-refractivity contribution in [2.45, 2.75) is 0 Å². The van der Waals surface area contributed by atoms with Crippen molar-refractivity contribution in [3.8, 4) is 0 Å². The van der Waals surface area contributed by atoms with Gasteiger partial charge in [-0.25, -0.2) is 9.99 Å². The molecule has 0 atom stereocenters. The average Bonchev–Trinajstić information content (AvgIpc) is 2.88. The summed E-state index contributed by atoms with van der Waals surface area (Å²) in [5.74, 6) is -0.0693. The molecule has 0 bridgehead atoms. The Hall–Kier alpha value is -1.92. The average molecular weight is 259 g/mol. The van der Waals surface area contributed by atoms with Crippen molar-refractivity contribution in [3.05, 3.63) is 36.3 Å². The molecule has 1 N–H and O–H groups in total. The molecule has 100 valence electrons. The number of fused-ring (bicyclic) bond motifs is 1. The SMILES string of the molecule is CN1CCN(NC(=O)c2ccc3nccn3c2)CC1. The number of hydrogen-bond donors (Lipinski definition) is 1. The van der Waals surface area contributed by atoms with Crippen molar-refractivity contribution in [1.29, 1.82) is 0 Å². The van der Waals surface area contributed by atoms with Crippen LogP contribution >= 0.6 is 0 Å². The number of aromatic nitrogens is 2. The standard InChI is InChI=1S/C13H17N5O/c1-16-6-8-18(9-7-16)15-13(19)11-2-3-12-14-4-5-17(12)10-11/h2-5,10H,6-9H2,1H3,(H,15,19). The van der Waals surface area contributed by atoms with Crippen molar-refractivity contribution >= 4 is 11.6 Å². The third-order valence-corrected chi connectivity index (χ3v) is 3.41. The largest absolute Gasteiger partial charge is 0.306 e. The topological polar surface area (TPSA) is 52.9 Å². The third-order valence-electron chi connectivity index (χ3n) is 3.41.